The topological polar surface area (TPSA) is 51.2 Å². The molecule has 2 aliphatic rings. The number of rotatable bonds is 8. The Bertz CT molecular complexity index is 1080. The number of halogens is 4. The van der Waals surface area contributed by atoms with Crippen LogP contribution in [0.3, 0.4) is 0 Å². The van der Waals surface area contributed by atoms with Gasteiger partial charge in [0.1, 0.15) is 0 Å². The van der Waals surface area contributed by atoms with Crippen molar-refractivity contribution in [3.8, 4) is 0 Å². The van der Waals surface area contributed by atoms with Crippen LogP contribution in [0, 0.1) is 5.92 Å². The fraction of sp³-hybridized carbons (Fsp3) is 0.480. The second-order valence-corrected chi connectivity index (χ2v) is 11.5. The molecule has 0 radical (unpaired) electrons. The van der Waals surface area contributed by atoms with Crippen LogP contribution in [0.25, 0.3) is 0 Å². The van der Waals surface area contributed by atoms with Gasteiger partial charge in [-0.1, -0.05) is 48.2 Å². The van der Waals surface area contributed by atoms with Crippen molar-refractivity contribution < 1.29 is 26.4 Å². The summed E-state index contributed by atoms with van der Waals surface area (Å²) in [5, 5.41) is -0.00176. The van der Waals surface area contributed by atoms with Crippen molar-refractivity contribution in [2.45, 2.75) is 74.6 Å². The molecule has 180 valence electrons. The minimum Gasteiger partial charge on any atom is -0.294 e. The highest BCUT2D eigenvalue weighted by molar-refractivity contribution is 7.92. The highest BCUT2D eigenvalue weighted by Gasteiger charge is 2.39. The molecule has 33 heavy (non-hydrogen) atoms. The van der Waals surface area contributed by atoms with Crippen molar-refractivity contribution in [3.05, 3.63) is 64.2 Å². The molecule has 0 N–H and O–H groups in total. The Balaban J connectivity index is 1.45. The van der Waals surface area contributed by atoms with E-state index in [2.05, 4.69) is 0 Å². The number of alkyl halides is 3. The van der Waals surface area contributed by atoms with Gasteiger partial charge in [0.25, 0.3) is 0 Å². The van der Waals surface area contributed by atoms with Crippen molar-refractivity contribution in [2.75, 3.05) is 0 Å². The number of sulfone groups is 1. The van der Waals surface area contributed by atoms with Gasteiger partial charge in [-0.3, -0.25) is 4.79 Å². The van der Waals surface area contributed by atoms with Gasteiger partial charge in [0.05, 0.1) is 15.7 Å². The van der Waals surface area contributed by atoms with E-state index in [0.717, 1.165) is 24.5 Å². The molecule has 0 aromatic heterocycles. The quantitative estimate of drug-likeness (QED) is 0.355. The smallest absolute Gasteiger partial charge is 0.294 e. The van der Waals surface area contributed by atoms with E-state index >= 15 is 0 Å². The number of hydrogen-bond acceptors (Lipinski definition) is 3. The predicted octanol–water partition coefficient (Wildman–Crippen LogP) is 7.18. The van der Waals surface area contributed by atoms with Crippen LogP contribution < -0.4 is 0 Å². The van der Waals surface area contributed by atoms with E-state index < -0.39 is 26.8 Å². The van der Waals surface area contributed by atoms with Gasteiger partial charge >= 0.3 is 6.18 Å². The van der Waals surface area contributed by atoms with E-state index in [1.807, 2.05) is 0 Å². The van der Waals surface area contributed by atoms with E-state index in [9.17, 15) is 26.4 Å². The summed E-state index contributed by atoms with van der Waals surface area (Å²) in [5.74, 6) is 0.169. The summed E-state index contributed by atoms with van der Waals surface area (Å²) in [6, 6.07) is 6.31. The van der Waals surface area contributed by atoms with E-state index in [4.69, 9.17) is 11.6 Å². The summed E-state index contributed by atoms with van der Waals surface area (Å²) in [6.07, 6.45) is 3.44. The Morgan fingerprint density at radius 1 is 1.15 bits per heavy atom. The summed E-state index contributed by atoms with van der Waals surface area (Å²) in [5.41, 5.74) is 0.468. The Labute approximate surface area is 198 Å². The molecule has 3 rings (SSSR count). The van der Waals surface area contributed by atoms with Gasteiger partial charge in [-0.2, -0.15) is 13.2 Å². The molecule has 0 unspecified atom stereocenters. The van der Waals surface area contributed by atoms with Crippen LogP contribution in [0.5, 0.6) is 0 Å². The molecule has 0 aliphatic heterocycles. The summed E-state index contributed by atoms with van der Waals surface area (Å²) < 4.78 is 64.4. The molecule has 0 heterocycles. The van der Waals surface area contributed by atoms with Gasteiger partial charge in [-0.15, -0.1) is 0 Å². The molecular formula is C25H28ClF3O3S. The van der Waals surface area contributed by atoms with Gasteiger partial charge in [0.15, 0.2) is 15.6 Å². The first-order valence-electron chi connectivity index (χ1n) is 11.2. The van der Waals surface area contributed by atoms with Gasteiger partial charge in [-0.25, -0.2) is 8.42 Å². The number of unbranched alkanes of at least 4 members (excludes halogenated alkanes) is 1. The zero-order valence-electron chi connectivity index (χ0n) is 18.5. The number of hydrogen-bond donors (Lipinski definition) is 0. The van der Waals surface area contributed by atoms with Crippen molar-refractivity contribution in [3.63, 3.8) is 0 Å². The molecule has 2 aliphatic carbocycles. The SMILES string of the molecule is CC1=C(C(=O)CCCCC2CC(S(=O)(=O)c3cccc(Cl)c3)C2)C=CC(C(F)(F)F)=CCC1. The summed E-state index contributed by atoms with van der Waals surface area (Å²) in [7, 11) is -3.38. The lowest BCUT2D eigenvalue weighted by molar-refractivity contribution is -0.115. The van der Waals surface area contributed by atoms with Gasteiger partial charge in [0, 0.05) is 17.0 Å². The molecule has 1 aromatic rings. The standard InChI is InChI=1S/C25H28ClF3O3S/c1-17-6-4-8-19(25(27,28)29)12-13-23(17)24(30)11-3-2-7-18-14-22(15-18)33(31,32)21-10-5-9-20(26)16-21/h5,8-10,12-13,16,18,22H,2-4,6-7,11,14-15H2,1H3. The van der Waals surface area contributed by atoms with Crippen molar-refractivity contribution >= 4 is 27.2 Å². The first-order valence-corrected chi connectivity index (χ1v) is 13.1. The lowest BCUT2D eigenvalue weighted by Gasteiger charge is -2.35. The number of carbonyl (C=O) groups excluding carboxylic acids is 1. The Hall–Kier alpha value is -1.86. The minimum atomic E-state index is -4.42. The molecule has 0 amide bonds. The lowest BCUT2D eigenvalue weighted by atomic mass is 9.81. The summed E-state index contributed by atoms with van der Waals surface area (Å²) in [6.45, 7) is 1.79. The second kappa shape index (κ2) is 10.6. The molecule has 3 nitrogen and oxygen atoms in total. The minimum absolute atomic E-state index is 0.137. The second-order valence-electron chi connectivity index (χ2n) is 8.85. The van der Waals surface area contributed by atoms with Crippen LogP contribution in [0.15, 0.2) is 64.1 Å². The third-order valence-corrected chi connectivity index (χ3v) is 8.83. The van der Waals surface area contributed by atoms with Gasteiger partial charge < -0.3 is 0 Å². The predicted molar refractivity (Wildman–Crippen MR) is 124 cm³/mol. The van der Waals surface area contributed by atoms with Gasteiger partial charge in [-0.05, 0) is 69.2 Å². The fourth-order valence-electron chi connectivity index (χ4n) is 4.36. The molecule has 0 atom stereocenters. The van der Waals surface area contributed by atoms with Crippen LogP contribution in [-0.4, -0.2) is 25.6 Å². The van der Waals surface area contributed by atoms with E-state index in [-0.39, 0.29) is 23.5 Å². The lowest BCUT2D eigenvalue weighted by Crippen LogP contribution is -2.36. The third-order valence-electron chi connectivity index (χ3n) is 6.42. The molecule has 0 bridgehead atoms. The molecular weight excluding hydrogens is 473 g/mol. The zero-order valence-corrected chi connectivity index (χ0v) is 20.1. The number of benzene rings is 1. The molecule has 8 heteroatoms. The average Bonchev–Trinajstić information content (AvgIpc) is 2.68. The summed E-state index contributed by atoms with van der Waals surface area (Å²) >= 11 is 5.91. The zero-order chi connectivity index (χ0) is 24.2. The number of Topliss-reactive ketones (excluding diaryl/α,β-unsaturated/α-hetero) is 1. The molecule has 0 saturated heterocycles. The van der Waals surface area contributed by atoms with Crippen LogP contribution in [0.2, 0.25) is 5.02 Å². The number of ketones is 1. The van der Waals surface area contributed by atoms with E-state index in [0.29, 0.717) is 42.2 Å². The summed E-state index contributed by atoms with van der Waals surface area (Å²) in [4.78, 5) is 12.9. The highest BCUT2D eigenvalue weighted by Crippen LogP contribution is 2.39. The van der Waals surface area contributed by atoms with Gasteiger partial charge in [0.2, 0.25) is 0 Å². The maximum atomic E-state index is 13.0. The van der Waals surface area contributed by atoms with Crippen LogP contribution in [0.4, 0.5) is 13.2 Å². The first-order chi connectivity index (χ1) is 15.5. The largest absolute Gasteiger partial charge is 0.416 e. The molecule has 0 spiro atoms. The van der Waals surface area contributed by atoms with Crippen molar-refractivity contribution in [1.82, 2.24) is 0 Å². The Morgan fingerprint density at radius 2 is 1.88 bits per heavy atom. The van der Waals surface area contributed by atoms with Crippen LogP contribution >= 0.6 is 11.6 Å². The first kappa shape index (κ1) is 25.8. The number of allylic oxidation sites excluding steroid dienone is 6. The van der Waals surface area contributed by atoms with E-state index in [1.54, 1.807) is 25.1 Å². The van der Waals surface area contributed by atoms with Crippen LogP contribution in [-0.2, 0) is 14.6 Å². The average molecular weight is 501 g/mol. The van der Waals surface area contributed by atoms with Crippen molar-refractivity contribution in [1.29, 1.82) is 0 Å². The molecule has 1 fully saturated rings. The Morgan fingerprint density at radius 3 is 2.55 bits per heavy atom. The monoisotopic (exact) mass is 500 g/mol. The fourth-order valence-corrected chi connectivity index (χ4v) is 6.61. The third kappa shape index (κ3) is 6.60. The molecule has 1 saturated carbocycles. The van der Waals surface area contributed by atoms with E-state index in [1.165, 1.54) is 18.2 Å². The van der Waals surface area contributed by atoms with Crippen molar-refractivity contribution in [2.24, 2.45) is 5.92 Å². The maximum absolute atomic E-state index is 13.0. The normalized spacial score (nSPS) is 21.8. The highest BCUT2D eigenvalue weighted by atomic mass is 35.5. The Kier molecular flexibility index (Phi) is 8.27. The maximum Gasteiger partial charge on any atom is 0.416 e. The van der Waals surface area contributed by atoms with Crippen LogP contribution in [0.1, 0.15) is 58.3 Å². The number of carbonyl (C=O) groups is 1. The molecule has 1 aromatic carbocycles.